The number of hydrogen-bond acceptors (Lipinski definition) is 6. The van der Waals surface area contributed by atoms with Gasteiger partial charge in [0.25, 0.3) is 0 Å². The predicted octanol–water partition coefficient (Wildman–Crippen LogP) is 2.38. The molecule has 0 aromatic heterocycles. The van der Waals surface area contributed by atoms with Crippen molar-refractivity contribution in [2.75, 3.05) is 0 Å². The molecule has 0 aliphatic heterocycles. The van der Waals surface area contributed by atoms with Gasteiger partial charge in [-0.25, -0.2) is 10.1 Å². The van der Waals surface area contributed by atoms with Crippen molar-refractivity contribution in [2.45, 2.75) is 37.0 Å². The molecule has 2 rings (SSSR count). The standard InChI is InChI=1S/C9H12F2O5S/c10-9(11,17-16-15-13)8(12)14-7-4-5-1-2-6(7)3-5/h5-7,13H,1-4H2. The fraction of sp³-hybridized carbons (Fsp3) is 0.889. The Kier molecular flexibility index (Phi) is 3.86. The maximum atomic E-state index is 13.1. The first-order chi connectivity index (χ1) is 8.03. The van der Waals surface area contributed by atoms with Crippen molar-refractivity contribution in [1.29, 1.82) is 0 Å². The number of rotatable bonds is 5. The molecule has 98 valence electrons. The maximum absolute atomic E-state index is 13.1. The third-order valence-electron chi connectivity index (χ3n) is 3.34. The second kappa shape index (κ2) is 5.05. The molecule has 2 aliphatic rings. The monoisotopic (exact) mass is 270 g/mol. The van der Waals surface area contributed by atoms with Crippen molar-refractivity contribution >= 4 is 18.0 Å². The van der Waals surface area contributed by atoms with Crippen LogP contribution in [0, 0.1) is 11.8 Å². The fourth-order valence-electron chi connectivity index (χ4n) is 2.63. The highest BCUT2D eigenvalue weighted by atomic mass is 32.2. The Morgan fingerprint density at radius 2 is 2.12 bits per heavy atom. The van der Waals surface area contributed by atoms with Crippen molar-refractivity contribution in [3.8, 4) is 0 Å². The second-order valence-electron chi connectivity index (χ2n) is 4.36. The van der Waals surface area contributed by atoms with Crippen LogP contribution in [0.4, 0.5) is 8.78 Å². The molecule has 0 heterocycles. The molecular formula is C9H12F2O5S. The van der Waals surface area contributed by atoms with Gasteiger partial charge in [0.15, 0.2) is 0 Å². The van der Waals surface area contributed by atoms with Gasteiger partial charge in [0, 0.05) is 0 Å². The lowest BCUT2D eigenvalue weighted by Crippen LogP contribution is -2.33. The summed E-state index contributed by atoms with van der Waals surface area (Å²) in [5, 5.41) is 6.89. The molecule has 5 nitrogen and oxygen atoms in total. The second-order valence-corrected chi connectivity index (χ2v) is 5.18. The number of carbonyl (C=O) groups is 1. The molecule has 0 radical (unpaired) electrons. The molecule has 2 bridgehead atoms. The molecule has 0 saturated heterocycles. The van der Waals surface area contributed by atoms with Crippen LogP contribution in [0.1, 0.15) is 25.7 Å². The fourth-order valence-corrected chi connectivity index (χ4v) is 2.86. The van der Waals surface area contributed by atoms with Crippen molar-refractivity contribution in [3.63, 3.8) is 0 Å². The van der Waals surface area contributed by atoms with Crippen LogP contribution in [0.5, 0.6) is 0 Å². The number of fused-ring (bicyclic) bond motifs is 2. The van der Waals surface area contributed by atoms with E-state index in [1.165, 1.54) is 0 Å². The Hall–Kier alpha value is -0.440. The van der Waals surface area contributed by atoms with Crippen LogP contribution in [0.3, 0.4) is 0 Å². The van der Waals surface area contributed by atoms with Gasteiger partial charge in [-0.1, -0.05) is 5.04 Å². The van der Waals surface area contributed by atoms with Crippen LogP contribution in [0.2, 0.25) is 0 Å². The topological polar surface area (TPSA) is 65.0 Å². The highest BCUT2D eigenvalue weighted by molar-refractivity contribution is 7.96. The number of carbonyl (C=O) groups excluding carboxylic acids is 1. The van der Waals surface area contributed by atoms with E-state index in [0.717, 1.165) is 19.3 Å². The zero-order valence-corrected chi connectivity index (χ0v) is 9.62. The minimum atomic E-state index is -3.88. The lowest BCUT2D eigenvalue weighted by atomic mass is 9.98. The predicted molar refractivity (Wildman–Crippen MR) is 52.7 cm³/mol. The highest BCUT2D eigenvalue weighted by Crippen LogP contribution is 2.46. The van der Waals surface area contributed by atoms with E-state index in [0.29, 0.717) is 12.3 Å². The highest BCUT2D eigenvalue weighted by Gasteiger charge is 2.48. The molecular weight excluding hydrogens is 258 g/mol. The van der Waals surface area contributed by atoms with Crippen LogP contribution in [-0.4, -0.2) is 22.6 Å². The van der Waals surface area contributed by atoms with Gasteiger partial charge in [0.1, 0.15) is 18.1 Å². The van der Waals surface area contributed by atoms with Gasteiger partial charge in [-0.05, 0) is 37.5 Å². The lowest BCUT2D eigenvalue weighted by Gasteiger charge is -2.23. The number of alkyl halides is 2. The van der Waals surface area contributed by atoms with Crippen LogP contribution < -0.4 is 0 Å². The molecule has 0 amide bonds. The van der Waals surface area contributed by atoms with E-state index >= 15 is 0 Å². The summed E-state index contributed by atoms with van der Waals surface area (Å²) in [5.74, 6) is -0.951. The normalized spacial score (nSPS) is 31.8. The maximum Gasteiger partial charge on any atom is 0.415 e. The minimum Gasteiger partial charge on any atom is -0.457 e. The summed E-state index contributed by atoms with van der Waals surface area (Å²) >= 11 is -0.590. The Morgan fingerprint density at radius 3 is 2.65 bits per heavy atom. The number of hydrogen-bond donors (Lipinski definition) is 1. The van der Waals surface area contributed by atoms with E-state index in [2.05, 4.69) is 9.37 Å². The first-order valence-electron chi connectivity index (χ1n) is 5.27. The summed E-state index contributed by atoms with van der Waals surface area (Å²) in [7, 11) is 0. The van der Waals surface area contributed by atoms with E-state index in [1.807, 2.05) is 0 Å². The minimum absolute atomic E-state index is 0.208. The molecule has 2 aliphatic carbocycles. The molecule has 3 unspecified atom stereocenters. The molecule has 0 spiro atoms. The lowest BCUT2D eigenvalue weighted by molar-refractivity contribution is -0.433. The van der Waals surface area contributed by atoms with Crippen molar-refractivity contribution in [3.05, 3.63) is 0 Å². The van der Waals surface area contributed by atoms with Crippen LogP contribution in [0.15, 0.2) is 0 Å². The number of ether oxygens (including phenoxy) is 1. The van der Waals surface area contributed by atoms with Crippen LogP contribution in [0.25, 0.3) is 0 Å². The molecule has 2 fully saturated rings. The SMILES string of the molecule is O=C(OC1CC2CCC1C2)C(F)(F)SOOO. The number of halogens is 2. The average molecular weight is 270 g/mol. The largest absolute Gasteiger partial charge is 0.457 e. The molecule has 17 heavy (non-hydrogen) atoms. The first kappa shape index (κ1) is 13.0. The van der Waals surface area contributed by atoms with Crippen LogP contribution in [-0.2, 0) is 18.9 Å². The van der Waals surface area contributed by atoms with Gasteiger partial charge < -0.3 is 4.74 Å². The summed E-state index contributed by atoms with van der Waals surface area (Å²) in [4.78, 5) is 11.2. The van der Waals surface area contributed by atoms with Gasteiger partial charge in [0.2, 0.25) is 0 Å². The smallest absolute Gasteiger partial charge is 0.415 e. The van der Waals surface area contributed by atoms with Gasteiger partial charge in [-0.15, -0.1) is 4.33 Å². The molecule has 0 aromatic carbocycles. The summed E-state index contributed by atoms with van der Waals surface area (Å²) < 4.78 is 34.5. The van der Waals surface area contributed by atoms with Gasteiger partial charge in [-0.3, -0.25) is 0 Å². The van der Waals surface area contributed by atoms with E-state index in [9.17, 15) is 13.6 Å². The third-order valence-corrected chi connectivity index (χ3v) is 3.84. The summed E-state index contributed by atoms with van der Waals surface area (Å²) in [5.41, 5.74) is 0. The van der Waals surface area contributed by atoms with Gasteiger partial charge in [-0.2, -0.15) is 8.78 Å². The summed E-state index contributed by atoms with van der Waals surface area (Å²) in [6, 6.07) is 0. The Balaban J connectivity index is 1.84. The first-order valence-corrected chi connectivity index (χ1v) is 6.02. The molecule has 2 saturated carbocycles. The third kappa shape index (κ3) is 2.87. The van der Waals surface area contributed by atoms with Crippen molar-refractivity contribution < 1.29 is 32.9 Å². The number of esters is 1. The zero-order valence-electron chi connectivity index (χ0n) is 8.80. The zero-order chi connectivity index (χ0) is 12.5. The molecule has 3 atom stereocenters. The van der Waals surface area contributed by atoms with Gasteiger partial charge >= 0.3 is 11.2 Å². The molecule has 1 N–H and O–H groups in total. The molecule has 0 aromatic rings. The quantitative estimate of drug-likeness (QED) is 0.358. The van der Waals surface area contributed by atoms with Gasteiger partial charge in [0.05, 0.1) is 0 Å². The van der Waals surface area contributed by atoms with E-state index in [1.54, 1.807) is 0 Å². The van der Waals surface area contributed by atoms with Crippen LogP contribution >= 0.6 is 12.0 Å². The summed E-state index contributed by atoms with van der Waals surface area (Å²) in [6.45, 7) is 0. The average Bonchev–Trinajstić information content (AvgIpc) is 2.88. The van der Waals surface area contributed by atoms with E-state index < -0.39 is 29.4 Å². The Morgan fingerprint density at radius 1 is 1.35 bits per heavy atom. The van der Waals surface area contributed by atoms with Crippen molar-refractivity contribution in [1.82, 2.24) is 0 Å². The Labute approximate surface area is 100 Å². The van der Waals surface area contributed by atoms with E-state index in [4.69, 9.17) is 9.99 Å². The molecule has 8 heteroatoms. The van der Waals surface area contributed by atoms with E-state index in [-0.39, 0.29) is 5.92 Å². The summed E-state index contributed by atoms with van der Waals surface area (Å²) in [6.07, 6.45) is 3.22. The van der Waals surface area contributed by atoms with Crippen molar-refractivity contribution in [2.24, 2.45) is 11.8 Å². The Bertz CT molecular complexity index is 301.